The van der Waals surface area contributed by atoms with Crippen LogP contribution in [0.4, 0.5) is 5.69 Å². The van der Waals surface area contributed by atoms with Crippen molar-refractivity contribution in [1.82, 2.24) is 0 Å². The summed E-state index contributed by atoms with van der Waals surface area (Å²) in [7, 11) is 0. The molecule has 0 aromatic heterocycles. The molecule has 3 rings (SSSR count). The molecule has 0 spiro atoms. The highest BCUT2D eigenvalue weighted by atomic mass is 32.2. The van der Waals surface area contributed by atoms with Crippen LogP contribution < -0.4 is 5.32 Å². The quantitative estimate of drug-likeness (QED) is 0.583. The fourth-order valence-electron chi connectivity index (χ4n) is 2.77. The molecule has 0 fully saturated rings. The molecule has 0 heterocycles. The minimum Gasteiger partial charge on any atom is -0.452 e. The largest absolute Gasteiger partial charge is 0.452 e. The van der Waals surface area contributed by atoms with Crippen molar-refractivity contribution in [3.63, 3.8) is 0 Å². The lowest BCUT2D eigenvalue weighted by atomic mass is 10.1. The Hall–Kier alpha value is -3.05. The molecule has 3 aromatic carbocycles. The number of carbonyl (C=O) groups excluding carboxylic acids is 2. The van der Waals surface area contributed by atoms with E-state index in [1.165, 1.54) is 0 Å². The first-order valence-electron chi connectivity index (χ1n) is 8.88. The highest BCUT2D eigenvalue weighted by Crippen LogP contribution is 2.33. The van der Waals surface area contributed by atoms with Gasteiger partial charge in [0.1, 0.15) is 0 Å². The summed E-state index contributed by atoms with van der Waals surface area (Å²) in [5, 5.41) is 2.82. The van der Waals surface area contributed by atoms with E-state index >= 15 is 0 Å². The number of ether oxygens (including phenoxy) is 1. The molecule has 0 unspecified atom stereocenters. The molecule has 142 valence electrons. The van der Waals surface area contributed by atoms with Crippen LogP contribution in [0.25, 0.3) is 0 Å². The van der Waals surface area contributed by atoms with Crippen molar-refractivity contribution >= 4 is 29.3 Å². The van der Waals surface area contributed by atoms with Crippen molar-refractivity contribution in [2.45, 2.75) is 23.6 Å². The lowest BCUT2D eigenvalue weighted by Crippen LogP contribution is -2.21. The number of hydrogen-bond donors (Lipinski definition) is 1. The normalized spacial score (nSPS) is 10.4. The van der Waals surface area contributed by atoms with E-state index in [2.05, 4.69) is 5.32 Å². The molecule has 0 aliphatic carbocycles. The zero-order valence-electron chi connectivity index (χ0n) is 15.8. The first-order chi connectivity index (χ1) is 13.5. The van der Waals surface area contributed by atoms with E-state index in [4.69, 9.17) is 4.74 Å². The summed E-state index contributed by atoms with van der Waals surface area (Å²) in [4.78, 5) is 26.5. The first kappa shape index (κ1) is 19.7. The van der Waals surface area contributed by atoms with Gasteiger partial charge in [-0.1, -0.05) is 59.3 Å². The Morgan fingerprint density at radius 1 is 0.893 bits per heavy atom. The number of esters is 1. The lowest BCUT2D eigenvalue weighted by Gasteiger charge is -2.11. The van der Waals surface area contributed by atoms with E-state index in [1.807, 2.05) is 74.5 Å². The third-order valence-corrected chi connectivity index (χ3v) is 5.01. The highest BCUT2D eigenvalue weighted by Gasteiger charge is 2.13. The zero-order chi connectivity index (χ0) is 19.9. The number of amides is 1. The topological polar surface area (TPSA) is 55.4 Å². The number of aryl methyl sites for hydroxylation is 2. The summed E-state index contributed by atoms with van der Waals surface area (Å²) < 4.78 is 5.17. The molecule has 0 aliphatic rings. The number of nitrogens with one attached hydrogen (secondary N) is 1. The minimum atomic E-state index is -0.506. The van der Waals surface area contributed by atoms with E-state index in [0.717, 1.165) is 20.9 Å². The van der Waals surface area contributed by atoms with E-state index in [9.17, 15) is 9.59 Å². The summed E-state index contributed by atoms with van der Waals surface area (Å²) in [5.74, 6) is -0.882. The highest BCUT2D eigenvalue weighted by molar-refractivity contribution is 7.99. The Labute approximate surface area is 168 Å². The molecule has 0 bridgehead atoms. The maximum Gasteiger partial charge on any atom is 0.338 e. The van der Waals surface area contributed by atoms with Crippen molar-refractivity contribution < 1.29 is 14.3 Å². The van der Waals surface area contributed by atoms with E-state index in [1.54, 1.807) is 23.9 Å². The molecular weight excluding hydrogens is 370 g/mol. The smallest absolute Gasteiger partial charge is 0.338 e. The molecule has 1 amide bonds. The summed E-state index contributed by atoms with van der Waals surface area (Å²) in [6.45, 7) is 3.49. The second kappa shape index (κ2) is 9.24. The van der Waals surface area contributed by atoms with Gasteiger partial charge in [-0.05, 0) is 50.2 Å². The third kappa shape index (κ3) is 5.47. The molecule has 0 radical (unpaired) electrons. The van der Waals surface area contributed by atoms with Crippen molar-refractivity contribution in [2.75, 3.05) is 11.9 Å². The number of benzene rings is 3. The van der Waals surface area contributed by atoms with Gasteiger partial charge in [0.15, 0.2) is 6.61 Å². The zero-order valence-corrected chi connectivity index (χ0v) is 16.6. The van der Waals surface area contributed by atoms with E-state index in [0.29, 0.717) is 11.3 Å². The lowest BCUT2D eigenvalue weighted by molar-refractivity contribution is -0.119. The summed E-state index contributed by atoms with van der Waals surface area (Å²) in [6.07, 6.45) is 0. The molecule has 1 N–H and O–H groups in total. The number of carbonyl (C=O) groups is 2. The number of para-hydroxylation sites is 1. The minimum absolute atomic E-state index is 0.337. The van der Waals surface area contributed by atoms with Crippen LogP contribution in [0.3, 0.4) is 0 Å². The monoisotopic (exact) mass is 391 g/mol. The number of anilines is 1. The van der Waals surface area contributed by atoms with Crippen molar-refractivity contribution in [2.24, 2.45) is 0 Å². The SMILES string of the molecule is Cc1cc(C)cc(C(=O)OCC(=O)Nc2ccccc2Sc2ccccc2)c1. The molecule has 0 aliphatic heterocycles. The van der Waals surface area contributed by atoms with Crippen LogP contribution in [0.5, 0.6) is 0 Å². The molecular formula is C23H21NO3S. The summed E-state index contributed by atoms with van der Waals surface area (Å²) in [5.41, 5.74) is 3.08. The van der Waals surface area contributed by atoms with Crippen LogP contribution >= 0.6 is 11.8 Å². The maximum atomic E-state index is 12.3. The standard InChI is InChI=1S/C23H21NO3S/c1-16-12-17(2)14-18(13-16)23(26)27-15-22(25)24-20-10-6-7-11-21(20)28-19-8-4-3-5-9-19/h3-14H,15H2,1-2H3,(H,24,25). The molecule has 5 heteroatoms. The van der Waals surface area contributed by atoms with Gasteiger partial charge in [-0.2, -0.15) is 0 Å². The second-order valence-corrected chi connectivity index (χ2v) is 7.53. The van der Waals surface area contributed by atoms with Gasteiger partial charge in [-0.25, -0.2) is 4.79 Å². The summed E-state index contributed by atoms with van der Waals surface area (Å²) in [6, 6.07) is 22.9. The van der Waals surface area contributed by atoms with Crippen molar-refractivity contribution in [1.29, 1.82) is 0 Å². The fourth-order valence-corrected chi connectivity index (χ4v) is 3.69. The fraction of sp³-hybridized carbons (Fsp3) is 0.130. The molecule has 0 atom stereocenters. The predicted octanol–water partition coefficient (Wildman–Crippen LogP) is 5.25. The van der Waals surface area contributed by atoms with Crippen LogP contribution in [-0.2, 0) is 9.53 Å². The van der Waals surface area contributed by atoms with Crippen LogP contribution in [0.1, 0.15) is 21.5 Å². The van der Waals surface area contributed by atoms with Crippen LogP contribution in [0.15, 0.2) is 82.6 Å². The van der Waals surface area contributed by atoms with Crippen LogP contribution in [-0.4, -0.2) is 18.5 Å². The van der Waals surface area contributed by atoms with Gasteiger partial charge in [0.25, 0.3) is 5.91 Å². The Balaban J connectivity index is 1.61. The Kier molecular flexibility index (Phi) is 6.50. The van der Waals surface area contributed by atoms with Crippen LogP contribution in [0.2, 0.25) is 0 Å². The second-order valence-electron chi connectivity index (χ2n) is 6.41. The maximum absolute atomic E-state index is 12.3. The van der Waals surface area contributed by atoms with Gasteiger partial charge in [-0.3, -0.25) is 4.79 Å². The summed E-state index contributed by atoms with van der Waals surface area (Å²) >= 11 is 1.56. The first-order valence-corrected chi connectivity index (χ1v) is 9.70. The molecule has 0 saturated heterocycles. The average molecular weight is 391 g/mol. The Morgan fingerprint density at radius 2 is 1.54 bits per heavy atom. The Morgan fingerprint density at radius 3 is 2.25 bits per heavy atom. The third-order valence-electron chi connectivity index (χ3n) is 3.92. The van der Waals surface area contributed by atoms with Gasteiger partial charge in [0, 0.05) is 9.79 Å². The molecule has 28 heavy (non-hydrogen) atoms. The molecule has 0 saturated carbocycles. The van der Waals surface area contributed by atoms with Gasteiger partial charge < -0.3 is 10.1 Å². The van der Waals surface area contributed by atoms with E-state index < -0.39 is 5.97 Å². The number of hydrogen-bond acceptors (Lipinski definition) is 4. The van der Waals surface area contributed by atoms with Crippen molar-refractivity contribution in [3.05, 3.63) is 89.5 Å². The van der Waals surface area contributed by atoms with Gasteiger partial charge >= 0.3 is 5.97 Å². The molecule has 4 nitrogen and oxygen atoms in total. The van der Waals surface area contributed by atoms with Gasteiger partial charge in [-0.15, -0.1) is 0 Å². The molecule has 3 aromatic rings. The van der Waals surface area contributed by atoms with Gasteiger partial charge in [0.2, 0.25) is 0 Å². The van der Waals surface area contributed by atoms with Crippen LogP contribution in [0, 0.1) is 13.8 Å². The average Bonchev–Trinajstić information content (AvgIpc) is 2.68. The van der Waals surface area contributed by atoms with E-state index in [-0.39, 0.29) is 12.5 Å². The Bertz CT molecular complexity index is 966. The van der Waals surface area contributed by atoms with Crippen molar-refractivity contribution in [3.8, 4) is 0 Å². The van der Waals surface area contributed by atoms with Gasteiger partial charge in [0.05, 0.1) is 11.3 Å². The number of rotatable bonds is 6. The predicted molar refractivity (Wildman–Crippen MR) is 112 cm³/mol.